The number of nitrogens with zero attached hydrogens (tertiary/aromatic N) is 3. The van der Waals surface area contributed by atoms with Crippen LogP contribution in [0, 0.1) is 23.7 Å². The van der Waals surface area contributed by atoms with Crippen LogP contribution in [0.25, 0.3) is 0 Å². The molecule has 5 rings (SSSR count). The minimum atomic E-state index is -3.84. The Labute approximate surface area is 162 Å². The maximum atomic E-state index is 14.3. The number of carbonyl (C=O) groups is 1. The van der Waals surface area contributed by atoms with E-state index >= 15 is 0 Å². The van der Waals surface area contributed by atoms with E-state index in [0.29, 0.717) is 25.1 Å². The van der Waals surface area contributed by atoms with Crippen LogP contribution < -0.4 is 4.90 Å². The fourth-order valence-corrected chi connectivity index (χ4v) is 5.69. The SMILES string of the molecule is CCC(C(=O)O)C1C2CC1CN(c1nc(S(C)(=O)=O)nc3c1CCC3(F)F)C2. The Kier molecular flexibility index (Phi) is 4.40. The predicted molar refractivity (Wildman–Crippen MR) is 96.1 cm³/mol. The van der Waals surface area contributed by atoms with Crippen LogP contribution >= 0.6 is 0 Å². The van der Waals surface area contributed by atoms with Crippen molar-refractivity contribution in [2.24, 2.45) is 23.7 Å². The summed E-state index contributed by atoms with van der Waals surface area (Å²) in [6.07, 6.45) is 2.07. The van der Waals surface area contributed by atoms with Crippen LogP contribution in [-0.2, 0) is 27.0 Å². The topological polar surface area (TPSA) is 100 Å². The molecule has 2 bridgehead atoms. The lowest BCUT2D eigenvalue weighted by Gasteiger charge is -2.56. The molecule has 4 aliphatic rings. The van der Waals surface area contributed by atoms with Gasteiger partial charge >= 0.3 is 5.97 Å². The molecule has 0 radical (unpaired) electrons. The molecule has 3 fully saturated rings. The van der Waals surface area contributed by atoms with Gasteiger partial charge in [-0.2, -0.15) is 8.78 Å². The molecule has 2 saturated heterocycles. The number of carboxylic acids is 1. The van der Waals surface area contributed by atoms with Crippen LogP contribution in [-0.4, -0.2) is 48.8 Å². The summed E-state index contributed by atoms with van der Waals surface area (Å²) in [7, 11) is -3.84. The van der Waals surface area contributed by atoms with Gasteiger partial charge in [0.25, 0.3) is 5.92 Å². The second kappa shape index (κ2) is 6.33. The summed E-state index contributed by atoms with van der Waals surface area (Å²) < 4.78 is 52.5. The molecule has 0 spiro atoms. The van der Waals surface area contributed by atoms with E-state index in [2.05, 4.69) is 9.97 Å². The third kappa shape index (κ3) is 2.96. The molecule has 3 unspecified atom stereocenters. The number of alkyl halides is 2. The number of carboxylic acid groups (broad SMARTS) is 1. The molecule has 2 aliphatic heterocycles. The van der Waals surface area contributed by atoms with Gasteiger partial charge < -0.3 is 10.0 Å². The van der Waals surface area contributed by atoms with Gasteiger partial charge in [0.1, 0.15) is 11.5 Å². The van der Waals surface area contributed by atoms with E-state index in [0.717, 1.165) is 12.7 Å². The van der Waals surface area contributed by atoms with Gasteiger partial charge in [-0.3, -0.25) is 4.79 Å². The minimum Gasteiger partial charge on any atom is -0.481 e. The molecule has 154 valence electrons. The summed E-state index contributed by atoms with van der Waals surface area (Å²) >= 11 is 0. The monoisotopic (exact) mass is 415 g/mol. The standard InChI is InChI=1S/C18H23F2N3O4S/c1-3-11(16(24)25)13-9-6-10(13)8-23(7-9)15-12-4-5-18(19,20)14(12)21-17(22-15)28(2,26)27/h9-11,13H,3-8H2,1-2H3,(H,24,25). The first-order valence-electron chi connectivity index (χ1n) is 9.50. The zero-order valence-corrected chi connectivity index (χ0v) is 16.5. The summed E-state index contributed by atoms with van der Waals surface area (Å²) in [5.74, 6) is -3.72. The number of hydrogen-bond donors (Lipinski definition) is 1. The third-order valence-electron chi connectivity index (χ3n) is 6.46. The van der Waals surface area contributed by atoms with Crippen molar-refractivity contribution in [1.82, 2.24) is 9.97 Å². The van der Waals surface area contributed by atoms with Gasteiger partial charge in [0.2, 0.25) is 15.0 Å². The first-order valence-corrected chi connectivity index (χ1v) is 11.4. The number of piperidine rings is 2. The van der Waals surface area contributed by atoms with E-state index in [1.165, 1.54) is 0 Å². The third-order valence-corrected chi connectivity index (χ3v) is 7.30. The van der Waals surface area contributed by atoms with Crippen molar-refractivity contribution in [3.05, 3.63) is 11.3 Å². The van der Waals surface area contributed by atoms with Gasteiger partial charge in [-0.05, 0) is 37.0 Å². The summed E-state index contributed by atoms with van der Waals surface area (Å²) in [5, 5.41) is 8.90. The van der Waals surface area contributed by atoms with Gasteiger partial charge in [0.15, 0.2) is 0 Å². The number of halogens is 2. The molecule has 1 saturated carbocycles. The van der Waals surface area contributed by atoms with Gasteiger partial charge in [-0.15, -0.1) is 0 Å². The Morgan fingerprint density at radius 2 is 1.96 bits per heavy atom. The summed E-state index contributed by atoms with van der Waals surface area (Å²) in [6, 6.07) is 0. The number of anilines is 1. The van der Waals surface area contributed by atoms with Crippen molar-refractivity contribution >= 4 is 21.6 Å². The summed E-state index contributed by atoms with van der Waals surface area (Å²) in [6.45, 7) is 2.87. The molecular formula is C18H23F2N3O4S. The fourth-order valence-electron chi connectivity index (χ4n) is 5.18. The number of sulfone groups is 1. The molecule has 0 aromatic carbocycles. The highest BCUT2D eigenvalue weighted by molar-refractivity contribution is 7.90. The van der Waals surface area contributed by atoms with Crippen LogP contribution in [0.1, 0.15) is 37.4 Å². The van der Waals surface area contributed by atoms with Gasteiger partial charge in [-0.25, -0.2) is 18.4 Å². The molecule has 3 atom stereocenters. The van der Waals surface area contributed by atoms with Gasteiger partial charge in [0.05, 0.1) is 5.92 Å². The quantitative estimate of drug-likeness (QED) is 0.735. The van der Waals surface area contributed by atoms with Crippen molar-refractivity contribution in [1.29, 1.82) is 0 Å². The second-order valence-corrected chi connectivity index (χ2v) is 10.1. The molecule has 1 aromatic rings. The van der Waals surface area contributed by atoms with Crippen LogP contribution in [0.2, 0.25) is 0 Å². The number of hydrogen-bond acceptors (Lipinski definition) is 6. The lowest BCUT2D eigenvalue weighted by Crippen LogP contribution is -2.58. The van der Waals surface area contributed by atoms with Gasteiger partial charge in [0, 0.05) is 31.3 Å². The van der Waals surface area contributed by atoms with Crippen molar-refractivity contribution in [2.75, 3.05) is 24.2 Å². The molecule has 2 aliphatic carbocycles. The van der Waals surface area contributed by atoms with Crippen molar-refractivity contribution in [3.8, 4) is 0 Å². The normalized spacial score (nSPS) is 29.1. The van der Waals surface area contributed by atoms with E-state index < -0.39 is 44.9 Å². The Morgan fingerprint density at radius 3 is 2.50 bits per heavy atom. The Bertz CT molecular complexity index is 925. The first-order chi connectivity index (χ1) is 13.0. The highest BCUT2D eigenvalue weighted by Gasteiger charge is 2.53. The van der Waals surface area contributed by atoms with E-state index in [4.69, 9.17) is 0 Å². The molecule has 1 aromatic heterocycles. The van der Waals surface area contributed by atoms with E-state index in [1.54, 1.807) is 0 Å². The highest BCUT2D eigenvalue weighted by Crippen LogP contribution is 2.52. The fraction of sp³-hybridized carbons (Fsp3) is 0.722. The van der Waals surface area contributed by atoms with Crippen LogP contribution in [0.5, 0.6) is 0 Å². The van der Waals surface area contributed by atoms with E-state index in [9.17, 15) is 27.1 Å². The van der Waals surface area contributed by atoms with E-state index in [-0.39, 0.29) is 30.0 Å². The Balaban J connectivity index is 1.69. The van der Waals surface area contributed by atoms with E-state index in [1.807, 2.05) is 11.8 Å². The molecule has 0 amide bonds. The zero-order chi connectivity index (χ0) is 20.4. The van der Waals surface area contributed by atoms with Gasteiger partial charge in [-0.1, -0.05) is 6.92 Å². The Morgan fingerprint density at radius 1 is 1.32 bits per heavy atom. The van der Waals surface area contributed by atoms with Crippen LogP contribution in [0.15, 0.2) is 5.16 Å². The smallest absolute Gasteiger partial charge is 0.306 e. The molecule has 7 nitrogen and oxygen atoms in total. The van der Waals surface area contributed by atoms with Crippen LogP contribution in [0.3, 0.4) is 0 Å². The number of fused-ring (bicyclic) bond motifs is 3. The maximum Gasteiger partial charge on any atom is 0.306 e. The number of rotatable bonds is 5. The van der Waals surface area contributed by atoms with Crippen molar-refractivity contribution < 1.29 is 27.1 Å². The number of aliphatic carboxylic acids is 1. The first kappa shape index (κ1) is 19.5. The number of aromatic nitrogens is 2. The van der Waals surface area contributed by atoms with Crippen LogP contribution in [0.4, 0.5) is 14.6 Å². The largest absolute Gasteiger partial charge is 0.481 e. The predicted octanol–water partition coefficient (Wildman–Crippen LogP) is 2.10. The average Bonchev–Trinajstić information content (AvgIpc) is 2.92. The highest BCUT2D eigenvalue weighted by atomic mass is 32.2. The minimum absolute atomic E-state index is 0.0736. The molecule has 10 heteroatoms. The van der Waals surface area contributed by atoms with Crippen molar-refractivity contribution in [2.45, 2.75) is 43.7 Å². The summed E-state index contributed by atoms with van der Waals surface area (Å²) in [4.78, 5) is 21.3. The lowest BCUT2D eigenvalue weighted by atomic mass is 9.56. The molecular weight excluding hydrogens is 392 g/mol. The zero-order valence-electron chi connectivity index (χ0n) is 15.7. The summed E-state index contributed by atoms with van der Waals surface area (Å²) in [5.41, 5.74) is -0.161. The van der Waals surface area contributed by atoms with Crippen molar-refractivity contribution in [3.63, 3.8) is 0 Å². The second-order valence-electron chi connectivity index (χ2n) is 8.22. The lowest BCUT2D eigenvalue weighted by molar-refractivity contribution is -0.150. The molecule has 1 N–H and O–H groups in total. The average molecular weight is 415 g/mol. The Hall–Kier alpha value is -1.84. The molecule has 28 heavy (non-hydrogen) atoms. The molecule has 3 heterocycles. The maximum absolute atomic E-state index is 14.3.